The van der Waals surface area contributed by atoms with E-state index in [0.29, 0.717) is 5.88 Å². The molecule has 1 aromatic rings. The molecule has 72 valence electrons. The van der Waals surface area contributed by atoms with Crippen LogP contribution in [0.2, 0.25) is 0 Å². The van der Waals surface area contributed by atoms with Gasteiger partial charge in [-0.05, 0) is 32.4 Å². The monoisotopic (exact) mass is 180 g/mol. The van der Waals surface area contributed by atoms with Crippen LogP contribution in [0, 0.1) is 6.92 Å². The average Bonchev–Trinajstić information content (AvgIpc) is 2.07. The van der Waals surface area contributed by atoms with E-state index in [2.05, 4.69) is 10.3 Å². The van der Waals surface area contributed by atoms with E-state index in [4.69, 9.17) is 4.74 Å². The number of aryl methyl sites for hydroxylation is 1. The van der Waals surface area contributed by atoms with Gasteiger partial charge in [0.2, 0.25) is 5.88 Å². The van der Waals surface area contributed by atoms with Crippen molar-refractivity contribution in [2.75, 3.05) is 12.4 Å². The fourth-order valence-corrected chi connectivity index (χ4v) is 1.05. The molecule has 1 N–H and O–H groups in total. The SMILES string of the molecule is CNc1cc(C)cnc1OC(C)C. The molecule has 1 rings (SSSR count). The van der Waals surface area contributed by atoms with Crippen molar-refractivity contribution in [3.63, 3.8) is 0 Å². The molecule has 0 unspecified atom stereocenters. The average molecular weight is 180 g/mol. The third-order valence-corrected chi connectivity index (χ3v) is 1.60. The number of aromatic nitrogens is 1. The van der Waals surface area contributed by atoms with Gasteiger partial charge in [0, 0.05) is 13.2 Å². The lowest BCUT2D eigenvalue weighted by molar-refractivity contribution is 0.234. The van der Waals surface area contributed by atoms with Crippen molar-refractivity contribution < 1.29 is 4.74 Å². The summed E-state index contributed by atoms with van der Waals surface area (Å²) in [4.78, 5) is 4.20. The summed E-state index contributed by atoms with van der Waals surface area (Å²) in [6, 6.07) is 2.02. The van der Waals surface area contributed by atoms with Gasteiger partial charge in [-0.1, -0.05) is 0 Å². The van der Waals surface area contributed by atoms with E-state index in [1.165, 1.54) is 0 Å². The van der Waals surface area contributed by atoms with Crippen LogP contribution in [-0.2, 0) is 0 Å². The number of ether oxygens (including phenoxy) is 1. The van der Waals surface area contributed by atoms with Crippen molar-refractivity contribution in [2.24, 2.45) is 0 Å². The van der Waals surface area contributed by atoms with E-state index < -0.39 is 0 Å². The lowest BCUT2D eigenvalue weighted by Gasteiger charge is -2.12. The minimum absolute atomic E-state index is 0.155. The zero-order valence-electron chi connectivity index (χ0n) is 8.59. The molecule has 0 spiro atoms. The molecule has 3 heteroatoms. The van der Waals surface area contributed by atoms with Crippen LogP contribution >= 0.6 is 0 Å². The molecule has 0 aliphatic carbocycles. The van der Waals surface area contributed by atoms with Gasteiger partial charge >= 0.3 is 0 Å². The van der Waals surface area contributed by atoms with Crippen LogP contribution < -0.4 is 10.1 Å². The molecule has 0 radical (unpaired) electrons. The molecule has 0 aliphatic heterocycles. The first-order valence-corrected chi connectivity index (χ1v) is 4.44. The minimum Gasteiger partial charge on any atom is -0.473 e. The second-order valence-corrected chi connectivity index (χ2v) is 3.28. The second kappa shape index (κ2) is 4.12. The molecule has 13 heavy (non-hydrogen) atoms. The number of hydrogen-bond donors (Lipinski definition) is 1. The number of nitrogens with zero attached hydrogens (tertiary/aromatic N) is 1. The molecule has 0 atom stereocenters. The topological polar surface area (TPSA) is 34.2 Å². The molecule has 0 fully saturated rings. The maximum absolute atomic E-state index is 5.52. The number of hydrogen-bond acceptors (Lipinski definition) is 3. The van der Waals surface area contributed by atoms with E-state index >= 15 is 0 Å². The summed E-state index contributed by atoms with van der Waals surface area (Å²) >= 11 is 0. The third kappa shape index (κ3) is 2.61. The van der Waals surface area contributed by atoms with Crippen molar-refractivity contribution in [1.29, 1.82) is 0 Å². The third-order valence-electron chi connectivity index (χ3n) is 1.60. The van der Waals surface area contributed by atoms with Gasteiger partial charge in [-0.25, -0.2) is 4.98 Å². The van der Waals surface area contributed by atoms with Gasteiger partial charge in [0.25, 0.3) is 0 Å². The number of nitrogens with one attached hydrogen (secondary N) is 1. The Labute approximate surface area is 79.1 Å². The quantitative estimate of drug-likeness (QED) is 0.774. The van der Waals surface area contributed by atoms with Crippen LogP contribution in [-0.4, -0.2) is 18.1 Å². The maximum atomic E-state index is 5.52. The Hall–Kier alpha value is -1.25. The lowest BCUT2D eigenvalue weighted by atomic mass is 10.3. The van der Waals surface area contributed by atoms with Crippen molar-refractivity contribution in [3.8, 4) is 5.88 Å². The molecule has 3 nitrogen and oxygen atoms in total. The highest BCUT2D eigenvalue weighted by Crippen LogP contribution is 2.22. The standard InChI is InChI=1S/C10H16N2O/c1-7(2)13-10-9(11-4)5-8(3)6-12-10/h5-7,11H,1-4H3. The molecule has 0 aliphatic rings. The largest absolute Gasteiger partial charge is 0.473 e. The Morgan fingerprint density at radius 1 is 1.46 bits per heavy atom. The van der Waals surface area contributed by atoms with E-state index in [1.807, 2.05) is 33.9 Å². The summed E-state index contributed by atoms with van der Waals surface area (Å²) in [7, 11) is 1.86. The van der Waals surface area contributed by atoms with E-state index in [-0.39, 0.29) is 6.10 Å². The maximum Gasteiger partial charge on any atom is 0.237 e. The predicted molar refractivity (Wildman–Crippen MR) is 54.3 cm³/mol. The van der Waals surface area contributed by atoms with E-state index in [9.17, 15) is 0 Å². The van der Waals surface area contributed by atoms with Crippen LogP contribution in [0.25, 0.3) is 0 Å². The van der Waals surface area contributed by atoms with Gasteiger partial charge in [-0.3, -0.25) is 0 Å². The summed E-state index contributed by atoms with van der Waals surface area (Å²) in [6.07, 6.45) is 1.96. The summed E-state index contributed by atoms with van der Waals surface area (Å²) in [5.41, 5.74) is 2.06. The zero-order chi connectivity index (χ0) is 9.84. The predicted octanol–water partition coefficient (Wildman–Crippen LogP) is 2.22. The van der Waals surface area contributed by atoms with Crippen molar-refractivity contribution >= 4 is 5.69 Å². The molecular weight excluding hydrogens is 164 g/mol. The first kappa shape index (κ1) is 9.84. The minimum atomic E-state index is 0.155. The Bertz CT molecular complexity index is 284. The van der Waals surface area contributed by atoms with Gasteiger partial charge in [0.15, 0.2) is 0 Å². The van der Waals surface area contributed by atoms with E-state index in [0.717, 1.165) is 11.3 Å². The Morgan fingerprint density at radius 3 is 2.69 bits per heavy atom. The molecule has 0 amide bonds. The van der Waals surface area contributed by atoms with Crippen LogP contribution in [0.5, 0.6) is 5.88 Å². The lowest BCUT2D eigenvalue weighted by Crippen LogP contribution is -2.09. The fourth-order valence-electron chi connectivity index (χ4n) is 1.05. The van der Waals surface area contributed by atoms with Gasteiger partial charge < -0.3 is 10.1 Å². The highest BCUT2D eigenvalue weighted by molar-refractivity contribution is 5.53. The first-order valence-electron chi connectivity index (χ1n) is 4.44. The van der Waals surface area contributed by atoms with Gasteiger partial charge in [-0.15, -0.1) is 0 Å². The van der Waals surface area contributed by atoms with Gasteiger partial charge in [0.1, 0.15) is 0 Å². The molecule has 0 saturated heterocycles. The normalized spacial score (nSPS) is 10.2. The molecule has 0 aromatic carbocycles. The number of anilines is 1. The Balaban J connectivity index is 2.92. The summed E-state index contributed by atoms with van der Waals surface area (Å²) in [5, 5.41) is 3.05. The number of rotatable bonds is 3. The van der Waals surface area contributed by atoms with Gasteiger partial charge in [0.05, 0.1) is 11.8 Å². The highest BCUT2D eigenvalue weighted by atomic mass is 16.5. The van der Waals surface area contributed by atoms with Crippen molar-refractivity contribution in [3.05, 3.63) is 17.8 Å². The molecule has 1 heterocycles. The fraction of sp³-hybridized carbons (Fsp3) is 0.500. The van der Waals surface area contributed by atoms with Crippen LogP contribution in [0.1, 0.15) is 19.4 Å². The van der Waals surface area contributed by atoms with Crippen LogP contribution in [0.3, 0.4) is 0 Å². The molecule has 1 aromatic heterocycles. The van der Waals surface area contributed by atoms with E-state index in [1.54, 1.807) is 6.20 Å². The highest BCUT2D eigenvalue weighted by Gasteiger charge is 2.05. The smallest absolute Gasteiger partial charge is 0.237 e. The summed E-state index contributed by atoms with van der Waals surface area (Å²) < 4.78 is 5.52. The first-order chi connectivity index (χ1) is 6.13. The van der Waals surface area contributed by atoms with Crippen molar-refractivity contribution in [1.82, 2.24) is 4.98 Å². The van der Waals surface area contributed by atoms with Crippen molar-refractivity contribution in [2.45, 2.75) is 26.9 Å². The van der Waals surface area contributed by atoms with Crippen LogP contribution in [0.4, 0.5) is 5.69 Å². The molecular formula is C10H16N2O. The van der Waals surface area contributed by atoms with Gasteiger partial charge in [-0.2, -0.15) is 0 Å². The Kier molecular flexibility index (Phi) is 3.12. The number of pyridine rings is 1. The second-order valence-electron chi connectivity index (χ2n) is 3.28. The molecule has 0 bridgehead atoms. The molecule has 0 saturated carbocycles. The zero-order valence-corrected chi connectivity index (χ0v) is 8.59. The van der Waals surface area contributed by atoms with Crippen LogP contribution in [0.15, 0.2) is 12.3 Å². The Morgan fingerprint density at radius 2 is 2.15 bits per heavy atom. The summed E-state index contributed by atoms with van der Waals surface area (Å²) in [6.45, 7) is 5.98. The summed E-state index contributed by atoms with van der Waals surface area (Å²) in [5.74, 6) is 0.670.